The van der Waals surface area contributed by atoms with Gasteiger partial charge in [-0.2, -0.15) is 0 Å². The molecule has 0 atom stereocenters. The number of carbonyl (C=O) groups is 1. The second-order valence-electron chi connectivity index (χ2n) is 5.71. The Kier molecular flexibility index (Phi) is 6.08. The van der Waals surface area contributed by atoms with Gasteiger partial charge in [-0.25, -0.2) is 4.99 Å². The smallest absolute Gasteiger partial charge is 0.264 e. The topological polar surface area (TPSA) is 59.9 Å². The van der Waals surface area contributed by atoms with Crippen molar-refractivity contribution in [2.45, 2.75) is 13.8 Å². The van der Waals surface area contributed by atoms with Crippen LogP contribution in [-0.4, -0.2) is 24.8 Å². The molecule has 0 spiro atoms. The molecule has 0 bridgehead atoms. The Hall–Kier alpha value is -2.44. The molecule has 0 aromatic heterocycles. The monoisotopic (exact) mass is 402 g/mol. The zero-order valence-corrected chi connectivity index (χ0v) is 16.8. The van der Waals surface area contributed by atoms with E-state index in [1.54, 1.807) is 13.2 Å². The first-order valence-corrected chi connectivity index (χ1v) is 9.56. The molecule has 1 aliphatic rings. The molecule has 2 aromatic carbocycles. The van der Waals surface area contributed by atoms with Crippen LogP contribution in [0.1, 0.15) is 18.1 Å². The maximum Gasteiger partial charge on any atom is 0.264 e. The molecule has 1 heterocycles. The van der Waals surface area contributed by atoms with Gasteiger partial charge in [-0.3, -0.25) is 4.79 Å². The highest BCUT2D eigenvalue weighted by Crippen LogP contribution is 2.33. The molecule has 140 valence electrons. The predicted molar refractivity (Wildman–Crippen MR) is 111 cm³/mol. The van der Waals surface area contributed by atoms with Crippen LogP contribution < -0.4 is 14.8 Å². The highest BCUT2D eigenvalue weighted by Gasteiger charge is 2.24. The number of nitrogens with zero attached hydrogens (tertiary/aromatic N) is 1. The standard InChI is InChI=1S/C20H19ClN2O3S/c1-4-26-17-10-13(8-9-16(17)25-3)11-18-19(24)23-20(27-18)22-15-7-5-6-14(21)12(15)2/h5-11H,4H2,1-3H3,(H,22,23,24)/b18-11-. The van der Waals surface area contributed by atoms with E-state index in [1.807, 2.05) is 50.2 Å². The van der Waals surface area contributed by atoms with E-state index < -0.39 is 0 Å². The van der Waals surface area contributed by atoms with Gasteiger partial charge in [0.1, 0.15) is 0 Å². The SMILES string of the molecule is CCOc1cc(/C=C2\SC(=Nc3cccc(Cl)c3C)NC2=O)ccc1OC. The molecule has 1 fully saturated rings. The van der Waals surface area contributed by atoms with E-state index in [1.165, 1.54) is 11.8 Å². The van der Waals surface area contributed by atoms with E-state index in [0.717, 1.165) is 16.8 Å². The molecule has 0 aliphatic carbocycles. The second-order valence-corrected chi connectivity index (χ2v) is 7.15. The average Bonchev–Trinajstić information content (AvgIpc) is 2.99. The van der Waals surface area contributed by atoms with E-state index >= 15 is 0 Å². The average molecular weight is 403 g/mol. The highest BCUT2D eigenvalue weighted by molar-refractivity contribution is 8.18. The van der Waals surface area contributed by atoms with Gasteiger partial charge < -0.3 is 14.8 Å². The Bertz CT molecular complexity index is 941. The molecule has 1 saturated heterocycles. The van der Waals surface area contributed by atoms with E-state index in [4.69, 9.17) is 21.1 Å². The summed E-state index contributed by atoms with van der Waals surface area (Å²) >= 11 is 7.42. The van der Waals surface area contributed by atoms with Crippen LogP contribution in [0.2, 0.25) is 5.02 Å². The number of benzene rings is 2. The van der Waals surface area contributed by atoms with Crippen molar-refractivity contribution in [2.24, 2.45) is 4.99 Å². The summed E-state index contributed by atoms with van der Waals surface area (Å²) < 4.78 is 10.9. The third-order valence-corrected chi connectivity index (χ3v) is 5.22. The third-order valence-electron chi connectivity index (χ3n) is 3.90. The fraction of sp³-hybridized carbons (Fsp3) is 0.200. The van der Waals surface area contributed by atoms with Crippen LogP contribution in [0, 0.1) is 6.92 Å². The van der Waals surface area contributed by atoms with Gasteiger partial charge in [-0.15, -0.1) is 0 Å². The normalized spacial score (nSPS) is 16.7. The molecule has 5 nitrogen and oxygen atoms in total. The number of amides is 1. The van der Waals surface area contributed by atoms with Gasteiger partial charge >= 0.3 is 0 Å². The van der Waals surface area contributed by atoms with E-state index in [-0.39, 0.29) is 5.91 Å². The first-order chi connectivity index (χ1) is 13.0. The zero-order chi connectivity index (χ0) is 19.4. The highest BCUT2D eigenvalue weighted by atomic mass is 35.5. The van der Waals surface area contributed by atoms with Crippen molar-refractivity contribution in [2.75, 3.05) is 13.7 Å². The number of aliphatic imine (C=N–C) groups is 1. The van der Waals surface area contributed by atoms with Gasteiger partial charge in [0, 0.05) is 5.02 Å². The number of methoxy groups -OCH3 is 1. The van der Waals surface area contributed by atoms with Crippen LogP contribution in [0.15, 0.2) is 46.3 Å². The summed E-state index contributed by atoms with van der Waals surface area (Å²) in [5.41, 5.74) is 2.45. The Balaban J connectivity index is 1.86. The van der Waals surface area contributed by atoms with Gasteiger partial charge in [0.25, 0.3) is 5.91 Å². The van der Waals surface area contributed by atoms with E-state index in [9.17, 15) is 4.79 Å². The Morgan fingerprint density at radius 3 is 2.81 bits per heavy atom. The second kappa shape index (κ2) is 8.50. The minimum absolute atomic E-state index is 0.188. The molecule has 1 amide bonds. The number of halogens is 1. The molecule has 3 rings (SSSR count). The van der Waals surface area contributed by atoms with Crippen molar-refractivity contribution < 1.29 is 14.3 Å². The van der Waals surface area contributed by atoms with Crippen molar-refractivity contribution in [3.8, 4) is 11.5 Å². The first-order valence-electron chi connectivity index (χ1n) is 8.37. The minimum atomic E-state index is -0.188. The maximum atomic E-state index is 12.3. The number of amidine groups is 1. The molecule has 0 saturated carbocycles. The molecule has 7 heteroatoms. The van der Waals surface area contributed by atoms with Crippen molar-refractivity contribution in [3.63, 3.8) is 0 Å². The van der Waals surface area contributed by atoms with Crippen molar-refractivity contribution >= 4 is 46.2 Å². The summed E-state index contributed by atoms with van der Waals surface area (Å²) in [6.45, 7) is 4.33. The lowest BCUT2D eigenvalue weighted by molar-refractivity contribution is -0.115. The summed E-state index contributed by atoms with van der Waals surface area (Å²) in [6, 6.07) is 11.0. The minimum Gasteiger partial charge on any atom is -0.493 e. The molecule has 1 aliphatic heterocycles. The number of rotatable bonds is 5. The summed E-state index contributed by atoms with van der Waals surface area (Å²) in [5, 5.41) is 3.95. The van der Waals surface area contributed by atoms with Gasteiger partial charge in [0.15, 0.2) is 16.7 Å². The number of nitrogens with one attached hydrogen (secondary N) is 1. The van der Waals surface area contributed by atoms with Crippen molar-refractivity contribution in [1.29, 1.82) is 0 Å². The van der Waals surface area contributed by atoms with Gasteiger partial charge in [0.2, 0.25) is 0 Å². The lowest BCUT2D eigenvalue weighted by Gasteiger charge is -2.09. The van der Waals surface area contributed by atoms with Gasteiger partial charge in [-0.05, 0) is 67.1 Å². The summed E-state index contributed by atoms with van der Waals surface area (Å²) in [5.74, 6) is 1.11. The van der Waals surface area contributed by atoms with Crippen molar-refractivity contribution in [3.05, 3.63) is 57.5 Å². The Morgan fingerprint density at radius 1 is 1.26 bits per heavy atom. The maximum absolute atomic E-state index is 12.3. The number of ether oxygens (including phenoxy) is 2. The van der Waals surface area contributed by atoms with Crippen LogP contribution in [0.4, 0.5) is 5.69 Å². The van der Waals surface area contributed by atoms with Crippen LogP contribution in [0.3, 0.4) is 0 Å². The predicted octanol–water partition coefficient (Wildman–Crippen LogP) is 4.95. The van der Waals surface area contributed by atoms with Crippen LogP contribution in [0.5, 0.6) is 11.5 Å². The Labute approximate surface area is 167 Å². The van der Waals surface area contributed by atoms with E-state index in [2.05, 4.69) is 10.3 Å². The fourth-order valence-corrected chi connectivity index (χ4v) is 3.51. The summed E-state index contributed by atoms with van der Waals surface area (Å²) in [6.07, 6.45) is 1.80. The largest absolute Gasteiger partial charge is 0.493 e. The summed E-state index contributed by atoms with van der Waals surface area (Å²) in [4.78, 5) is 17.4. The molecule has 0 radical (unpaired) electrons. The van der Waals surface area contributed by atoms with Crippen LogP contribution in [-0.2, 0) is 4.79 Å². The lowest BCUT2D eigenvalue weighted by atomic mass is 10.2. The van der Waals surface area contributed by atoms with Crippen LogP contribution in [0.25, 0.3) is 6.08 Å². The molecule has 0 unspecified atom stereocenters. The number of hydrogen-bond acceptors (Lipinski definition) is 5. The molecular formula is C20H19ClN2O3S. The van der Waals surface area contributed by atoms with Gasteiger partial charge in [-0.1, -0.05) is 23.7 Å². The quantitative estimate of drug-likeness (QED) is 0.719. The van der Waals surface area contributed by atoms with Crippen molar-refractivity contribution in [1.82, 2.24) is 5.32 Å². The number of hydrogen-bond donors (Lipinski definition) is 1. The zero-order valence-electron chi connectivity index (χ0n) is 15.2. The lowest BCUT2D eigenvalue weighted by Crippen LogP contribution is -2.19. The third kappa shape index (κ3) is 4.46. The fourth-order valence-electron chi connectivity index (χ4n) is 2.51. The summed E-state index contributed by atoms with van der Waals surface area (Å²) in [7, 11) is 1.59. The molecular weight excluding hydrogens is 384 g/mol. The van der Waals surface area contributed by atoms with Gasteiger partial charge in [0.05, 0.1) is 24.3 Å². The number of thioether (sulfide) groups is 1. The number of carbonyl (C=O) groups excluding carboxylic acids is 1. The molecule has 2 aromatic rings. The Morgan fingerprint density at radius 2 is 2.07 bits per heavy atom. The first kappa shape index (κ1) is 19.3. The van der Waals surface area contributed by atoms with Crippen LogP contribution >= 0.6 is 23.4 Å². The molecule has 1 N–H and O–H groups in total. The molecule has 27 heavy (non-hydrogen) atoms. The van der Waals surface area contributed by atoms with E-state index in [0.29, 0.717) is 33.2 Å².